The molecule has 7 nitrogen and oxygen atoms in total. The molecule has 1 unspecified atom stereocenters. The van der Waals surface area contributed by atoms with Crippen LogP contribution < -0.4 is 24.8 Å². The van der Waals surface area contributed by atoms with Crippen LogP contribution in [0.1, 0.15) is 6.92 Å². The van der Waals surface area contributed by atoms with Crippen molar-refractivity contribution in [1.82, 2.24) is 5.32 Å². The molecule has 2 aromatic carbocycles. The second kappa shape index (κ2) is 10.1. The van der Waals surface area contributed by atoms with Gasteiger partial charge in [0.1, 0.15) is 11.8 Å². The van der Waals surface area contributed by atoms with Crippen LogP contribution in [-0.4, -0.2) is 38.2 Å². The summed E-state index contributed by atoms with van der Waals surface area (Å²) in [5, 5.41) is 5.00. The molecule has 0 fully saturated rings. The van der Waals surface area contributed by atoms with Gasteiger partial charge in [0.2, 0.25) is 5.91 Å². The molecular formula is C19H20F2N2O5. The summed E-state index contributed by atoms with van der Waals surface area (Å²) in [5.74, 6) is -0.621. The molecule has 2 N–H and O–H groups in total. The highest BCUT2D eigenvalue weighted by atomic mass is 19.3. The van der Waals surface area contributed by atoms with Crippen molar-refractivity contribution in [3.8, 4) is 17.2 Å². The molecule has 0 saturated carbocycles. The maximum atomic E-state index is 12.5. The Morgan fingerprint density at radius 1 is 1.07 bits per heavy atom. The number of alkyl halides is 2. The molecule has 0 aromatic heterocycles. The molecule has 28 heavy (non-hydrogen) atoms. The summed E-state index contributed by atoms with van der Waals surface area (Å²) in [6.07, 6.45) is 0. The predicted molar refractivity (Wildman–Crippen MR) is 97.8 cm³/mol. The van der Waals surface area contributed by atoms with Crippen molar-refractivity contribution in [3.05, 3.63) is 48.5 Å². The molecule has 2 amide bonds. The molecule has 0 saturated heterocycles. The van der Waals surface area contributed by atoms with Crippen molar-refractivity contribution < 1.29 is 32.6 Å². The zero-order chi connectivity index (χ0) is 20.5. The van der Waals surface area contributed by atoms with E-state index in [-0.39, 0.29) is 23.8 Å². The average Bonchev–Trinajstić information content (AvgIpc) is 2.67. The molecule has 0 radical (unpaired) electrons. The Morgan fingerprint density at radius 2 is 1.79 bits per heavy atom. The van der Waals surface area contributed by atoms with Crippen molar-refractivity contribution in [2.45, 2.75) is 19.6 Å². The number of hydrogen-bond donors (Lipinski definition) is 2. The fourth-order valence-electron chi connectivity index (χ4n) is 2.21. The summed E-state index contributed by atoms with van der Waals surface area (Å²) >= 11 is 0. The van der Waals surface area contributed by atoms with Gasteiger partial charge >= 0.3 is 6.61 Å². The minimum absolute atomic E-state index is 0.0951. The van der Waals surface area contributed by atoms with Crippen LogP contribution in [0.25, 0.3) is 0 Å². The van der Waals surface area contributed by atoms with Crippen LogP contribution in [0.5, 0.6) is 17.2 Å². The SMILES string of the molecule is COc1ccc(NC(=O)C(C)NC(=O)COc2ccccc2)cc1OC(F)F. The molecule has 0 spiro atoms. The lowest BCUT2D eigenvalue weighted by Gasteiger charge is -2.16. The first-order chi connectivity index (χ1) is 13.4. The van der Waals surface area contributed by atoms with Gasteiger partial charge in [-0.2, -0.15) is 8.78 Å². The van der Waals surface area contributed by atoms with E-state index in [1.54, 1.807) is 24.3 Å². The number of nitrogens with one attached hydrogen (secondary N) is 2. The first-order valence-corrected chi connectivity index (χ1v) is 8.30. The number of methoxy groups -OCH3 is 1. The fourth-order valence-corrected chi connectivity index (χ4v) is 2.21. The molecule has 0 aliphatic carbocycles. The van der Waals surface area contributed by atoms with Crippen LogP contribution in [0.2, 0.25) is 0 Å². The lowest BCUT2D eigenvalue weighted by Crippen LogP contribution is -2.43. The summed E-state index contributed by atoms with van der Waals surface area (Å²) in [7, 11) is 1.31. The highest BCUT2D eigenvalue weighted by Crippen LogP contribution is 2.31. The fraction of sp³-hybridized carbons (Fsp3) is 0.263. The molecular weight excluding hydrogens is 374 g/mol. The highest BCUT2D eigenvalue weighted by Gasteiger charge is 2.18. The van der Waals surface area contributed by atoms with E-state index in [0.29, 0.717) is 5.75 Å². The largest absolute Gasteiger partial charge is 0.493 e. The normalized spacial score (nSPS) is 11.5. The number of ether oxygens (including phenoxy) is 3. The average molecular weight is 394 g/mol. The molecule has 0 aliphatic heterocycles. The molecule has 1 atom stereocenters. The predicted octanol–water partition coefficient (Wildman–Crippen LogP) is 2.82. The van der Waals surface area contributed by atoms with E-state index in [1.807, 2.05) is 6.07 Å². The molecule has 9 heteroatoms. The van der Waals surface area contributed by atoms with Crippen LogP contribution in [0.3, 0.4) is 0 Å². The van der Waals surface area contributed by atoms with Crippen molar-refractivity contribution in [2.24, 2.45) is 0 Å². The third-order valence-electron chi connectivity index (χ3n) is 3.53. The Morgan fingerprint density at radius 3 is 2.43 bits per heavy atom. The zero-order valence-electron chi connectivity index (χ0n) is 15.3. The van der Waals surface area contributed by atoms with Gasteiger partial charge in [0.05, 0.1) is 7.11 Å². The Hall–Kier alpha value is -3.36. The first-order valence-electron chi connectivity index (χ1n) is 8.30. The number of carbonyl (C=O) groups excluding carboxylic acids is 2. The molecule has 150 valence electrons. The Bertz CT molecular complexity index is 802. The number of carbonyl (C=O) groups is 2. The first kappa shape index (κ1) is 20.9. The maximum absolute atomic E-state index is 12.5. The second-order valence-electron chi connectivity index (χ2n) is 5.62. The summed E-state index contributed by atoms with van der Waals surface area (Å²) in [4.78, 5) is 24.1. The van der Waals surface area contributed by atoms with E-state index in [1.165, 1.54) is 32.2 Å². The maximum Gasteiger partial charge on any atom is 0.387 e. The summed E-state index contributed by atoms with van der Waals surface area (Å²) < 4.78 is 39.5. The van der Waals surface area contributed by atoms with Gasteiger partial charge in [0.25, 0.3) is 5.91 Å². The van der Waals surface area contributed by atoms with Crippen LogP contribution in [0, 0.1) is 0 Å². The number of amides is 2. The van der Waals surface area contributed by atoms with Crippen LogP contribution in [0.15, 0.2) is 48.5 Å². The Kier molecular flexibility index (Phi) is 7.55. The standard InChI is InChI=1S/C19H20F2N2O5/c1-12(22-17(24)11-27-14-6-4-3-5-7-14)18(25)23-13-8-9-15(26-2)16(10-13)28-19(20)21/h3-10,12,19H,11H2,1-2H3,(H,22,24)(H,23,25). The van der Waals surface area contributed by atoms with Gasteiger partial charge in [0, 0.05) is 11.8 Å². The quantitative estimate of drug-likeness (QED) is 0.683. The number of benzene rings is 2. The third kappa shape index (κ3) is 6.42. The third-order valence-corrected chi connectivity index (χ3v) is 3.53. The second-order valence-corrected chi connectivity index (χ2v) is 5.62. The smallest absolute Gasteiger partial charge is 0.387 e. The zero-order valence-corrected chi connectivity index (χ0v) is 15.3. The van der Waals surface area contributed by atoms with Crippen LogP contribution >= 0.6 is 0 Å². The number of rotatable bonds is 9. The van der Waals surface area contributed by atoms with E-state index in [4.69, 9.17) is 9.47 Å². The van der Waals surface area contributed by atoms with Crippen LogP contribution in [0.4, 0.5) is 14.5 Å². The number of hydrogen-bond acceptors (Lipinski definition) is 5. The van der Waals surface area contributed by atoms with E-state index in [9.17, 15) is 18.4 Å². The van der Waals surface area contributed by atoms with Gasteiger partial charge in [-0.05, 0) is 31.2 Å². The highest BCUT2D eigenvalue weighted by molar-refractivity contribution is 5.97. The van der Waals surface area contributed by atoms with Gasteiger partial charge in [-0.25, -0.2) is 0 Å². The molecule has 0 bridgehead atoms. The van der Waals surface area contributed by atoms with Crippen LogP contribution in [-0.2, 0) is 9.59 Å². The monoisotopic (exact) mass is 394 g/mol. The summed E-state index contributed by atoms with van der Waals surface area (Å²) in [6.45, 7) is -1.81. The topological polar surface area (TPSA) is 85.9 Å². The Labute approximate surface area is 160 Å². The van der Waals surface area contributed by atoms with Crippen molar-refractivity contribution in [1.29, 1.82) is 0 Å². The number of halogens is 2. The van der Waals surface area contributed by atoms with Crippen molar-refractivity contribution >= 4 is 17.5 Å². The van der Waals surface area contributed by atoms with E-state index < -0.39 is 24.5 Å². The Balaban J connectivity index is 1.90. The van der Waals surface area contributed by atoms with E-state index >= 15 is 0 Å². The van der Waals surface area contributed by atoms with E-state index in [0.717, 1.165) is 0 Å². The summed E-state index contributed by atoms with van der Waals surface area (Å²) in [5.41, 5.74) is 0.211. The molecule has 2 aromatic rings. The van der Waals surface area contributed by atoms with Gasteiger partial charge in [-0.3, -0.25) is 9.59 Å². The van der Waals surface area contributed by atoms with Gasteiger partial charge < -0.3 is 24.8 Å². The van der Waals surface area contributed by atoms with Crippen molar-refractivity contribution in [2.75, 3.05) is 19.0 Å². The minimum atomic E-state index is -3.04. The van der Waals surface area contributed by atoms with Gasteiger partial charge in [-0.15, -0.1) is 0 Å². The van der Waals surface area contributed by atoms with Crippen molar-refractivity contribution in [3.63, 3.8) is 0 Å². The van der Waals surface area contributed by atoms with Gasteiger partial charge in [-0.1, -0.05) is 18.2 Å². The lowest BCUT2D eigenvalue weighted by atomic mass is 10.2. The lowest BCUT2D eigenvalue weighted by molar-refractivity contribution is -0.127. The summed E-state index contributed by atoms with van der Waals surface area (Å²) in [6, 6.07) is 11.9. The molecule has 0 aliphatic rings. The number of para-hydroxylation sites is 1. The minimum Gasteiger partial charge on any atom is -0.493 e. The molecule has 0 heterocycles. The molecule has 2 rings (SSSR count). The number of anilines is 1. The van der Waals surface area contributed by atoms with E-state index in [2.05, 4.69) is 15.4 Å². The van der Waals surface area contributed by atoms with Gasteiger partial charge in [0.15, 0.2) is 18.1 Å².